The Morgan fingerprint density at radius 1 is 1.24 bits per heavy atom. The van der Waals surface area contributed by atoms with Crippen LogP contribution in [0.25, 0.3) is 0 Å². The molecule has 2 heterocycles. The number of hydrogen-bond donors (Lipinski definition) is 1. The highest BCUT2D eigenvalue weighted by atomic mass is 19.1. The van der Waals surface area contributed by atoms with Crippen LogP contribution >= 0.6 is 0 Å². The van der Waals surface area contributed by atoms with E-state index >= 15 is 0 Å². The first-order valence-electron chi connectivity index (χ1n) is 7.89. The summed E-state index contributed by atoms with van der Waals surface area (Å²) in [5, 5.41) is 0. The summed E-state index contributed by atoms with van der Waals surface area (Å²) in [6.45, 7) is 8.30. The zero-order chi connectivity index (χ0) is 15.2. The highest BCUT2D eigenvalue weighted by molar-refractivity contribution is 5.41. The van der Waals surface area contributed by atoms with Gasteiger partial charge in [-0.3, -0.25) is 4.90 Å². The molecule has 1 atom stereocenters. The maximum atomic E-state index is 14.3. The maximum Gasteiger partial charge on any atom is 0.187 e. The summed E-state index contributed by atoms with van der Waals surface area (Å²) >= 11 is 0. The Balaban J connectivity index is 2.01. The second-order valence-electron chi connectivity index (χ2n) is 5.47. The molecule has 6 heteroatoms. The number of piperazine rings is 1. The molecule has 1 unspecified atom stereocenters. The van der Waals surface area contributed by atoms with E-state index in [1.807, 2.05) is 11.8 Å². The number of halogens is 1. The second kappa shape index (κ2) is 7.66. The van der Waals surface area contributed by atoms with Crippen LogP contribution in [-0.4, -0.2) is 53.6 Å². The van der Waals surface area contributed by atoms with E-state index in [2.05, 4.69) is 21.8 Å². The van der Waals surface area contributed by atoms with Gasteiger partial charge in [0.15, 0.2) is 11.6 Å². The van der Waals surface area contributed by atoms with Gasteiger partial charge in [-0.2, -0.15) is 0 Å². The topological polar surface area (TPSA) is 58.3 Å². The minimum atomic E-state index is -0.262. The molecule has 0 amide bonds. The molecule has 1 fully saturated rings. The fourth-order valence-corrected chi connectivity index (χ4v) is 3.00. The van der Waals surface area contributed by atoms with Crippen molar-refractivity contribution >= 4 is 5.82 Å². The smallest absolute Gasteiger partial charge is 0.187 e. The summed E-state index contributed by atoms with van der Waals surface area (Å²) < 4.78 is 14.3. The van der Waals surface area contributed by atoms with Crippen molar-refractivity contribution in [1.82, 2.24) is 14.9 Å². The third-order valence-electron chi connectivity index (χ3n) is 4.28. The van der Waals surface area contributed by atoms with Crippen molar-refractivity contribution in [2.75, 3.05) is 37.6 Å². The first-order valence-corrected chi connectivity index (χ1v) is 7.89. The molecular weight excluding hydrogens is 269 g/mol. The fraction of sp³-hybridized carbons (Fsp3) is 0.733. The fourth-order valence-electron chi connectivity index (χ4n) is 3.00. The SMILES string of the molecule is CCc1ncnc(N2CCN(C(CC)CCN)CC2)c1F. The van der Waals surface area contributed by atoms with Crippen molar-refractivity contribution in [2.45, 2.75) is 39.2 Å². The van der Waals surface area contributed by atoms with Gasteiger partial charge in [-0.25, -0.2) is 14.4 Å². The second-order valence-corrected chi connectivity index (χ2v) is 5.47. The molecule has 2 rings (SSSR count). The van der Waals surface area contributed by atoms with Gasteiger partial charge in [-0.1, -0.05) is 13.8 Å². The third-order valence-corrected chi connectivity index (χ3v) is 4.28. The van der Waals surface area contributed by atoms with E-state index in [0.717, 1.165) is 45.6 Å². The van der Waals surface area contributed by atoms with Crippen LogP contribution in [0.3, 0.4) is 0 Å². The number of aryl methyl sites for hydroxylation is 1. The van der Waals surface area contributed by atoms with Crippen LogP contribution in [0.5, 0.6) is 0 Å². The quantitative estimate of drug-likeness (QED) is 0.860. The molecule has 0 spiro atoms. The number of rotatable bonds is 6. The molecule has 1 aromatic heterocycles. The average Bonchev–Trinajstić information content (AvgIpc) is 2.53. The van der Waals surface area contributed by atoms with Gasteiger partial charge < -0.3 is 10.6 Å². The minimum absolute atomic E-state index is 0.262. The number of nitrogens with zero attached hydrogens (tertiary/aromatic N) is 4. The number of nitrogens with two attached hydrogens (primary N) is 1. The molecule has 1 saturated heterocycles. The molecule has 5 nitrogen and oxygen atoms in total. The lowest BCUT2D eigenvalue weighted by atomic mass is 10.1. The molecule has 1 aliphatic rings. The molecule has 0 bridgehead atoms. The van der Waals surface area contributed by atoms with Crippen molar-refractivity contribution < 1.29 is 4.39 Å². The Morgan fingerprint density at radius 2 is 1.95 bits per heavy atom. The van der Waals surface area contributed by atoms with E-state index < -0.39 is 0 Å². The maximum absolute atomic E-state index is 14.3. The van der Waals surface area contributed by atoms with Crippen molar-refractivity contribution in [3.05, 3.63) is 17.8 Å². The first kappa shape index (κ1) is 16.1. The molecule has 0 radical (unpaired) electrons. The Hall–Kier alpha value is -1.27. The van der Waals surface area contributed by atoms with E-state index in [-0.39, 0.29) is 5.82 Å². The van der Waals surface area contributed by atoms with E-state index in [0.29, 0.717) is 24.0 Å². The van der Waals surface area contributed by atoms with Crippen molar-refractivity contribution in [3.8, 4) is 0 Å². The molecule has 0 aliphatic carbocycles. The van der Waals surface area contributed by atoms with Crippen LogP contribution in [-0.2, 0) is 6.42 Å². The van der Waals surface area contributed by atoms with Gasteiger partial charge in [-0.15, -0.1) is 0 Å². The zero-order valence-electron chi connectivity index (χ0n) is 13.1. The Labute approximate surface area is 126 Å². The highest BCUT2D eigenvalue weighted by Gasteiger charge is 2.25. The summed E-state index contributed by atoms with van der Waals surface area (Å²) in [6.07, 6.45) is 4.19. The van der Waals surface area contributed by atoms with E-state index in [1.165, 1.54) is 6.33 Å². The predicted octanol–water partition coefficient (Wildman–Crippen LogP) is 1.43. The average molecular weight is 295 g/mol. The van der Waals surface area contributed by atoms with Crippen LogP contribution < -0.4 is 10.6 Å². The highest BCUT2D eigenvalue weighted by Crippen LogP contribution is 2.21. The van der Waals surface area contributed by atoms with Gasteiger partial charge in [0.2, 0.25) is 0 Å². The summed E-state index contributed by atoms with van der Waals surface area (Å²) in [5.74, 6) is 0.191. The van der Waals surface area contributed by atoms with Crippen LogP contribution in [0.1, 0.15) is 32.4 Å². The monoisotopic (exact) mass is 295 g/mol. The van der Waals surface area contributed by atoms with Crippen LogP contribution in [0, 0.1) is 5.82 Å². The van der Waals surface area contributed by atoms with E-state index in [9.17, 15) is 4.39 Å². The number of anilines is 1. The summed E-state index contributed by atoms with van der Waals surface area (Å²) in [4.78, 5) is 12.6. The minimum Gasteiger partial charge on any atom is -0.352 e. The van der Waals surface area contributed by atoms with Crippen molar-refractivity contribution in [1.29, 1.82) is 0 Å². The molecule has 1 aromatic rings. The molecule has 1 aliphatic heterocycles. The largest absolute Gasteiger partial charge is 0.352 e. The normalized spacial score (nSPS) is 18.0. The lowest BCUT2D eigenvalue weighted by Crippen LogP contribution is -2.51. The Bertz CT molecular complexity index is 446. The lowest BCUT2D eigenvalue weighted by molar-refractivity contribution is 0.172. The standard InChI is InChI=1S/C15H26FN5/c1-3-12(5-6-17)20-7-9-21(10-8-20)15-14(16)13(4-2)18-11-19-15/h11-12H,3-10,17H2,1-2H3. The van der Waals surface area contributed by atoms with Crippen LogP contribution in [0.4, 0.5) is 10.2 Å². The van der Waals surface area contributed by atoms with E-state index in [1.54, 1.807) is 0 Å². The predicted molar refractivity (Wildman–Crippen MR) is 82.9 cm³/mol. The molecule has 21 heavy (non-hydrogen) atoms. The molecule has 118 valence electrons. The lowest BCUT2D eigenvalue weighted by Gasteiger charge is -2.39. The number of aromatic nitrogens is 2. The molecular formula is C15H26FN5. The third kappa shape index (κ3) is 3.68. The number of hydrogen-bond acceptors (Lipinski definition) is 5. The van der Waals surface area contributed by atoms with Gasteiger partial charge in [0.25, 0.3) is 0 Å². The first-order chi connectivity index (χ1) is 10.2. The zero-order valence-corrected chi connectivity index (χ0v) is 13.1. The summed E-state index contributed by atoms with van der Waals surface area (Å²) in [5.41, 5.74) is 6.18. The summed E-state index contributed by atoms with van der Waals surface area (Å²) in [7, 11) is 0. The van der Waals surface area contributed by atoms with Crippen molar-refractivity contribution in [2.24, 2.45) is 5.73 Å². The molecule has 0 saturated carbocycles. The van der Waals surface area contributed by atoms with Crippen molar-refractivity contribution in [3.63, 3.8) is 0 Å². The van der Waals surface area contributed by atoms with Gasteiger partial charge in [0, 0.05) is 32.2 Å². The molecule has 2 N–H and O–H groups in total. The van der Waals surface area contributed by atoms with Gasteiger partial charge in [0.1, 0.15) is 6.33 Å². The Morgan fingerprint density at radius 3 is 2.52 bits per heavy atom. The summed E-state index contributed by atoms with van der Waals surface area (Å²) in [6, 6.07) is 0.540. The Kier molecular flexibility index (Phi) is 5.87. The van der Waals surface area contributed by atoms with E-state index in [4.69, 9.17) is 5.73 Å². The van der Waals surface area contributed by atoms with Gasteiger partial charge in [-0.05, 0) is 25.8 Å². The van der Waals surface area contributed by atoms with Crippen LogP contribution in [0.2, 0.25) is 0 Å². The van der Waals surface area contributed by atoms with Crippen LogP contribution in [0.15, 0.2) is 6.33 Å². The molecule has 0 aromatic carbocycles. The van der Waals surface area contributed by atoms with Gasteiger partial charge in [0.05, 0.1) is 5.69 Å². The van der Waals surface area contributed by atoms with Gasteiger partial charge >= 0.3 is 0 Å².